The Hall–Kier alpha value is -9.23. The van der Waals surface area contributed by atoms with Gasteiger partial charge in [-0.05, 0) is 361 Å². The largest absolute Gasteiger partial charge is 0.492 e. The quantitative estimate of drug-likeness (QED) is 0.0285. The number of aryl methyl sites for hydroxylation is 5. The second-order valence-electron chi connectivity index (χ2n) is 39.4. The molecule has 17 rings (SSSR count). The highest BCUT2D eigenvalue weighted by atomic mass is 79.9. The number of para-hydroxylation sites is 6. The monoisotopic (exact) mass is 2310 g/mol. The summed E-state index contributed by atoms with van der Waals surface area (Å²) in [5.74, 6) is 1.15. The summed E-state index contributed by atoms with van der Waals surface area (Å²) in [4.78, 5) is 78.3. The third-order valence-electron chi connectivity index (χ3n) is 28.7. The second-order valence-corrected chi connectivity index (χ2v) is 43.7. The fraction of sp³-hybridized carbons (Fsp3) is 0.430. The third-order valence-corrected chi connectivity index (χ3v) is 31.9. The van der Waals surface area contributed by atoms with Crippen LogP contribution in [-0.2, 0) is 52.2 Å². The van der Waals surface area contributed by atoms with Gasteiger partial charge in [0.15, 0.2) is 28.9 Å². The lowest BCUT2D eigenvalue weighted by atomic mass is 10.1. The SMILES string of the molecule is CC(=O)c1c(C)n(CCCN2CCCN(Cc3ccc(F)cc3)CC2)c2c(Br)cccc12.CC(=O)c1c(C)n(CCCNCCOc2ccccc2)c2c(Br)cccc12.CC(=O)c1cn(CCCN2CCCN(CCc3ccccc3)CC2)c2c(Br)cccc12.CC(=O)c1cn(CCCN2CCCN(Cc3ccc(F)cc3)CC2)c2c(Br)cccc12.CCCCCCCN(CC)CCCn1cc(C(C)=O)c2cccc(Br)c21. The van der Waals surface area contributed by atoms with E-state index < -0.39 is 0 Å². The molecule has 0 aliphatic carbocycles. The van der Waals surface area contributed by atoms with Crippen molar-refractivity contribution in [3.8, 4) is 5.75 Å². The van der Waals surface area contributed by atoms with Gasteiger partial charge in [0.25, 0.3) is 0 Å². The van der Waals surface area contributed by atoms with Gasteiger partial charge in [0.2, 0.25) is 0 Å². The van der Waals surface area contributed by atoms with Crippen LogP contribution in [-0.4, -0.2) is 230 Å². The maximum absolute atomic E-state index is 13.2. The van der Waals surface area contributed by atoms with Gasteiger partial charge in [-0.2, -0.15) is 0 Å². The van der Waals surface area contributed by atoms with Gasteiger partial charge in [0.1, 0.15) is 24.0 Å². The molecule has 5 aromatic heterocycles. The molecule has 19 nitrogen and oxygen atoms in total. The average Bonchev–Trinajstić information content (AvgIpc) is 1.64. The van der Waals surface area contributed by atoms with Gasteiger partial charge in [0.05, 0.1) is 27.6 Å². The Morgan fingerprint density at radius 1 is 0.333 bits per heavy atom. The zero-order chi connectivity index (χ0) is 104. The molecule has 0 spiro atoms. The molecule has 147 heavy (non-hydrogen) atoms. The van der Waals surface area contributed by atoms with E-state index in [0.29, 0.717) is 6.61 Å². The van der Waals surface area contributed by atoms with Crippen molar-refractivity contribution in [2.24, 2.45) is 0 Å². The van der Waals surface area contributed by atoms with E-state index in [1.54, 1.807) is 58.9 Å². The van der Waals surface area contributed by atoms with Gasteiger partial charge in [-0.15, -0.1) is 0 Å². The number of rotatable bonds is 43. The van der Waals surface area contributed by atoms with Crippen LogP contribution in [0.5, 0.6) is 5.75 Å². The maximum atomic E-state index is 13.2. The summed E-state index contributed by atoms with van der Waals surface area (Å²) >= 11 is 18.3. The van der Waals surface area contributed by atoms with Gasteiger partial charge in [-0.3, -0.25) is 33.8 Å². The van der Waals surface area contributed by atoms with Crippen LogP contribution in [0.2, 0.25) is 0 Å². The van der Waals surface area contributed by atoms with E-state index in [9.17, 15) is 32.8 Å². The summed E-state index contributed by atoms with van der Waals surface area (Å²) in [7, 11) is 0. The Labute approximate surface area is 912 Å². The van der Waals surface area contributed by atoms with Crippen molar-refractivity contribution in [3.05, 3.63) is 309 Å². The Morgan fingerprint density at radius 2 is 0.687 bits per heavy atom. The number of fused-ring (bicyclic) bond motifs is 5. The molecule has 3 aliphatic heterocycles. The van der Waals surface area contributed by atoms with Crippen LogP contribution in [0.25, 0.3) is 54.5 Å². The van der Waals surface area contributed by atoms with E-state index in [0.717, 1.165) is 337 Å². The topological polar surface area (TPSA) is 154 Å². The van der Waals surface area contributed by atoms with E-state index in [1.165, 1.54) is 74.8 Å². The molecule has 0 atom stereocenters. The second kappa shape index (κ2) is 59.0. The molecule has 26 heteroatoms. The number of ketones is 5. The fourth-order valence-electron chi connectivity index (χ4n) is 21.1. The number of carbonyl (C=O) groups excluding carboxylic acids is 5. The number of benzene rings is 9. The fourth-order valence-corrected chi connectivity index (χ4v) is 24.1. The molecule has 0 radical (unpaired) electrons. The predicted octanol–water partition coefficient (Wildman–Crippen LogP) is 27.5. The Balaban J connectivity index is 0.000000154. The van der Waals surface area contributed by atoms with Crippen LogP contribution in [0.1, 0.15) is 212 Å². The highest BCUT2D eigenvalue weighted by Gasteiger charge is 2.26. The lowest BCUT2D eigenvalue weighted by molar-refractivity contribution is 0.101. The lowest BCUT2D eigenvalue weighted by Crippen LogP contribution is -2.32. The summed E-state index contributed by atoms with van der Waals surface area (Å²) in [6.07, 6.45) is 22.7. The van der Waals surface area contributed by atoms with E-state index in [2.05, 4.69) is 205 Å². The first-order chi connectivity index (χ1) is 71.2. The van der Waals surface area contributed by atoms with Crippen molar-refractivity contribution in [1.29, 1.82) is 0 Å². The summed E-state index contributed by atoms with van der Waals surface area (Å²) in [5.41, 5.74) is 15.6. The van der Waals surface area contributed by atoms with Crippen molar-refractivity contribution < 1.29 is 37.5 Å². The van der Waals surface area contributed by atoms with Crippen LogP contribution in [0.15, 0.2) is 241 Å². The molecule has 9 aromatic carbocycles. The van der Waals surface area contributed by atoms with Crippen LogP contribution in [0, 0.1) is 25.5 Å². The molecule has 784 valence electrons. The molecule has 0 saturated carbocycles. The molecule has 0 amide bonds. The van der Waals surface area contributed by atoms with Gasteiger partial charge in [-0.25, -0.2) is 8.78 Å². The van der Waals surface area contributed by atoms with Gasteiger partial charge in [0, 0.05) is 205 Å². The number of hydrogen-bond acceptors (Lipinski definition) is 14. The summed E-state index contributed by atoms with van der Waals surface area (Å²) in [6, 6.07) is 64.7. The molecule has 3 saturated heterocycles. The molecule has 8 heterocycles. The average molecular weight is 2320 g/mol. The standard InChI is InChI=1S/C26H31BrFN3O.C26H32BrN3O.C25H29BrFN3O.C22H25BrN2O2.C22H33BrN2O/c1-19-25(20(2)32)23-6-3-7-24(27)26(23)31(19)15-5-13-29-12-4-14-30(17-16-29)18-21-8-10-22(28)11-9-21;1-21(31)24-20-30(26-23(24)10-5-11-25(26)27)16-7-15-28-13-6-14-29(19-18-28)17-12-22-8-3-2-4-9-22;1-19(31)23-18-30(25-22(23)5-2-6-24(25)26)14-4-12-28-11-3-13-29(16-15-28)17-20-7-9-21(27)10-8-20;1-16-21(17(2)26)19-10-6-11-20(23)22(19)25(16)14-7-12-24-13-15-27-18-8-4-3-5-9-18;1-4-6-7-8-9-14-24(5-2)15-11-16-25-17-20(18(3)26)19-12-10-13-21(23)22(19)25/h3,6-11H,4-5,12-18H2,1-2H3;2-5,8-11,20H,6-7,12-19H2,1H3;2,5-10,18H,3-4,11-17H2,1H3;3-6,8-11,24H,7,12-15H2,1-2H3;10,12-13,17H,4-9,11,14-16H2,1-3H3. The number of hydrogen-bond donors (Lipinski definition) is 1. The number of unbranched alkanes of at least 4 members (excludes halogenated alkanes) is 4. The first-order valence-electron chi connectivity index (χ1n) is 53.1. The first kappa shape index (κ1) is 115. The van der Waals surface area contributed by atoms with Gasteiger partial charge < -0.3 is 57.4 Å². The van der Waals surface area contributed by atoms with E-state index in [-0.39, 0.29) is 40.6 Å². The van der Waals surface area contributed by atoms with Crippen molar-refractivity contribution in [1.82, 2.24) is 62.5 Å². The van der Waals surface area contributed by atoms with Crippen LogP contribution < -0.4 is 10.1 Å². The minimum absolute atomic E-state index is 0.107. The third kappa shape index (κ3) is 33.1. The smallest absolute Gasteiger partial charge is 0.162 e. The van der Waals surface area contributed by atoms with Crippen molar-refractivity contribution in [2.75, 3.05) is 144 Å². The highest BCUT2D eigenvalue weighted by Crippen LogP contribution is 2.37. The van der Waals surface area contributed by atoms with Gasteiger partial charge in [-0.1, -0.05) is 173 Å². The summed E-state index contributed by atoms with van der Waals surface area (Å²) in [5, 5.41) is 8.60. The molecular weight excluding hydrogens is 2170 g/mol. The number of nitrogens with one attached hydrogen (secondary N) is 1. The number of nitrogens with zero attached hydrogens (tertiary/aromatic N) is 12. The summed E-state index contributed by atoms with van der Waals surface area (Å²) in [6.45, 7) is 46.4. The Bertz CT molecular complexity index is 6600. The number of carbonyl (C=O) groups is 5. The van der Waals surface area contributed by atoms with Crippen LogP contribution in [0.3, 0.4) is 0 Å². The first-order valence-corrected chi connectivity index (χ1v) is 57.1. The predicted molar refractivity (Wildman–Crippen MR) is 620 cm³/mol. The summed E-state index contributed by atoms with van der Waals surface area (Å²) < 4.78 is 48.4. The molecule has 3 aliphatic rings. The van der Waals surface area contributed by atoms with E-state index >= 15 is 0 Å². The minimum atomic E-state index is -0.177. The zero-order valence-corrected chi connectivity index (χ0v) is 95.6. The van der Waals surface area contributed by atoms with Crippen LogP contribution in [0.4, 0.5) is 8.78 Å². The molecule has 0 unspecified atom stereocenters. The normalized spacial score (nSPS) is 14.3. The lowest BCUT2D eigenvalue weighted by Gasteiger charge is -2.22. The molecule has 14 aromatic rings. The molecule has 1 N–H and O–H groups in total. The number of ether oxygens (including phenoxy) is 1. The molecule has 0 bridgehead atoms. The number of halogens is 7. The zero-order valence-electron chi connectivity index (χ0n) is 87.7. The maximum Gasteiger partial charge on any atom is 0.162 e. The van der Waals surface area contributed by atoms with E-state index in [4.69, 9.17) is 4.74 Å². The van der Waals surface area contributed by atoms with Gasteiger partial charge >= 0.3 is 0 Å². The van der Waals surface area contributed by atoms with E-state index in [1.807, 2.05) is 159 Å². The minimum Gasteiger partial charge on any atom is -0.492 e. The molecule has 3 fully saturated rings. The molecular formula is C121H150Br5F2N13O6. The van der Waals surface area contributed by atoms with Crippen LogP contribution >= 0.6 is 79.6 Å². The number of Topliss-reactive ketones (excluding diaryl/α,β-unsaturated/α-hetero) is 5. The number of aromatic nitrogens is 5. The highest BCUT2D eigenvalue weighted by molar-refractivity contribution is 9.11. The Kier molecular flexibility index (Phi) is 46.1. The van der Waals surface area contributed by atoms with Crippen molar-refractivity contribution in [3.63, 3.8) is 0 Å². The Morgan fingerprint density at radius 3 is 1.09 bits per heavy atom. The van der Waals surface area contributed by atoms with Crippen molar-refractivity contribution >= 4 is 163 Å². The van der Waals surface area contributed by atoms with Crippen molar-refractivity contribution in [2.45, 2.75) is 198 Å².